The Morgan fingerprint density at radius 1 is 1.31 bits per heavy atom. The maximum atomic E-state index is 12.5. The highest BCUT2D eigenvalue weighted by Gasteiger charge is 2.19. The number of carboxylic acids is 1. The van der Waals surface area contributed by atoms with Crippen LogP contribution in [0.25, 0.3) is 0 Å². The van der Waals surface area contributed by atoms with Crippen LogP contribution in [-0.2, 0) is 11.2 Å². The summed E-state index contributed by atoms with van der Waals surface area (Å²) in [5.74, 6) is -1.59. The third-order valence-electron chi connectivity index (χ3n) is 2.48. The molecule has 0 saturated heterocycles. The van der Waals surface area contributed by atoms with E-state index in [1.165, 1.54) is 0 Å². The zero-order valence-corrected chi connectivity index (χ0v) is 9.61. The van der Waals surface area contributed by atoms with Crippen molar-refractivity contribution in [3.8, 4) is 0 Å². The minimum Gasteiger partial charge on any atom is -0.481 e. The van der Waals surface area contributed by atoms with Gasteiger partial charge in [0.1, 0.15) is 12.6 Å². The maximum Gasteiger partial charge on any atom is 0.313 e. The van der Waals surface area contributed by atoms with Gasteiger partial charge in [-0.25, -0.2) is 4.39 Å². The summed E-state index contributed by atoms with van der Waals surface area (Å²) in [5, 5.41) is 8.80. The Bertz CT molecular complexity index is 343. The second kappa shape index (κ2) is 5.64. The summed E-state index contributed by atoms with van der Waals surface area (Å²) in [4.78, 5) is 10.8. The van der Waals surface area contributed by atoms with Crippen molar-refractivity contribution < 1.29 is 14.3 Å². The van der Waals surface area contributed by atoms with Crippen LogP contribution < -0.4 is 0 Å². The third kappa shape index (κ3) is 3.33. The molecule has 0 fully saturated rings. The van der Waals surface area contributed by atoms with Crippen molar-refractivity contribution in [2.24, 2.45) is 5.92 Å². The molecule has 0 heterocycles. The molecule has 0 aromatic heterocycles. The number of hydrogen-bond donors (Lipinski definition) is 1. The van der Waals surface area contributed by atoms with Crippen LogP contribution in [0, 0.1) is 5.92 Å². The molecule has 0 amide bonds. The minimum absolute atomic E-state index is 0.530. The molecule has 88 valence electrons. The van der Waals surface area contributed by atoms with Gasteiger partial charge in [0.15, 0.2) is 0 Å². The van der Waals surface area contributed by atoms with E-state index in [1.54, 1.807) is 12.1 Å². The molecule has 1 atom stereocenters. The summed E-state index contributed by atoms with van der Waals surface area (Å²) in [6.45, 7) is 3.38. The molecular formula is C13H17FO2. The Balaban J connectivity index is 2.81. The van der Waals surface area contributed by atoms with Gasteiger partial charge in [-0.2, -0.15) is 0 Å². The second-order valence-corrected chi connectivity index (χ2v) is 4.38. The first-order valence-corrected chi connectivity index (χ1v) is 5.42. The Labute approximate surface area is 95.1 Å². The molecule has 0 aliphatic rings. The Hall–Kier alpha value is -1.38. The quantitative estimate of drug-likeness (QED) is 0.834. The van der Waals surface area contributed by atoms with E-state index in [0.29, 0.717) is 11.5 Å². The van der Waals surface area contributed by atoms with Crippen LogP contribution >= 0.6 is 0 Å². The van der Waals surface area contributed by atoms with Crippen molar-refractivity contribution in [3.63, 3.8) is 0 Å². The van der Waals surface area contributed by atoms with Gasteiger partial charge in [-0.3, -0.25) is 4.79 Å². The van der Waals surface area contributed by atoms with E-state index in [2.05, 4.69) is 13.8 Å². The fraction of sp³-hybridized carbons (Fsp3) is 0.462. The van der Waals surface area contributed by atoms with Crippen molar-refractivity contribution in [1.82, 2.24) is 0 Å². The molecule has 3 heteroatoms. The van der Waals surface area contributed by atoms with Crippen LogP contribution in [0.5, 0.6) is 0 Å². The number of alkyl halides is 1. The number of benzene rings is 1. The molecule has 1 rings (SSSR count). The molecular weight excluding hydrogens is 207 g/mol. The molecule has 2 nitrogen and oxygen atoms in total. The summed E-state index contributed by atoms with van der Waals surface area (Å²) in [5.41, 5.74) is 1.68. The van der Waals surface area contributed by atoms with E-state index < -0.39 is 18.6 Å². The van der Waals surface area contributed by atoms with Crippen molar-refractivity contribution in [2.45, 2.75) is 26.2 Å². The molecule has 16 heavy (non-hydrogen) atoms. The first-order chi connectivity index (χ1) is 7.54. The summed E-state index contributed by atoms with van der Waals surface area (Å²) < 4.78 is 12.5. The van der Waals surface area contributed by atoms with Crippen molar-refractivity contribution in [1.29, 1.82) is 0 Å². The van der Waals surface area contributed by atoms with Crippen LogP contribution in [0.3, 0.4) is 0 Å². The Morgan fingerprint density at radius 2 is 1.88 bits per heavy atom. The SMILES string of the molecule is CC(C)Cc1ccc([C@@H](CF)C(=O)O)cc1. The zero-order valence-electron chi connectivity index (χ0n) is 9.61. The van der Waals surface area contributed by atoms with Crippen LogP contribution in [0.1, 0.15) is 30.9 Å². The smallest absolute Gasteiger partial charge is 0.313 e. The van der Waals surface area contributed by atoms with Crippen LogP contribution in [-0.4, -0.2) is 17.8 Å². The van der Waals surface area contributed by atoms with Gasteiger partial charge in [0.25, 0.3) is 0 Å². The van der Waals surface area contributed by atoms with Gasteiger partial charge in [0.2, 0.25) is 0 Å². The van der Waals surface area contributed by atoms with Gasteiger partial charge < -0.3 is 5.11 Å². The fourth-order valence-corrected chi connectivity index (χ4v) is 1.66. The van der Waals surface area contributed by atoms with E-state index in [4.69, 9.17) is 5.11 Å². The third-order valence-corrected chi connectivity index (χ3v) is 2.48. The van der Waals surface area contributed by atoms with Gasteiger partial charge in [-0.1, -0.05) is 38.1 Å². The van der Waals surface area contributed by atoms with Crippen molar-refractivity contribution in [2.75, 3.05) is 6.67 Å². The van der Waals surface area contributed by atoms with E-state index in [1.807, 2.05) is 12.1 Å². The molecule has 1 N–H and O–H groups in total. The highest BCUT2D eigenvalue weighted by Crippen LogP contribution is 2.18. The number of hydrogen-bond acceptors (Lipinski definition) is 1. The Kier molecular flexibility index (Phi) is 4.47. The van der Waals surface area contributed by atoms with E-state index in [0.717, 1.165) is 12.0 Å². The molecule has 1 aromatic carbocycles. The zero-order chi connectivity index (χ0) is 12.1. The number of carboxylic acid groups (broad SMARTS) is 1. The number of halogens is 1. The topological polar surface area (TPSA) is 37.3 Å². The van der Waals surface area contributed by atoms with Crippen LogP contribution in [0.15, 0.2) is 24.3 Å². The monoisotopic (exact) mass is 224 g/mol. The largest absolute Gasteiger partial charge is 0.481 e. The number of carbonyl (C=O) groups is 1. The molecule has 0 aliphatic carbocycles. The molecule has 0 bridgehead atoms. The number of rotatable bonds is 5. The highest BCUT2D eigenvalue weighted by atomic mass is 19.1. The van der Waals surface area contributed by atoms with Crippen molar-refractivity contribution in [3.05, 3.63) is 35.4 Å². The fourth-order valence-electron chi connectivity index (χ4n) is 1.66. The van der Waals surface area contributed by atoms with Crippen LogP contribution in [0.4, 0.5) is 4.39 Å². The maximum absolute atomic E-state index is 12.5. The van der Waals surface area contributed by atoms with Gasteiger partial charge in [-0.15, -0.1) is 0 Å². The second-order valence-electron chi connectivity index (χ2n) is 4.38. The Morgan fingerprint density at radius 3 is 2.25 bits per heavy atom. The van der Waals surface area contributed by atoms with Crippen LogP contribution in [0.2, 0.25) is 0 Å². The average Bonchev–Trinajstić information content (AvgIpc) is 2.20. The number of aliphatic carboxylic acids is 1. The normalized spacial score (nSPS) is 12.8. The van der Waals surface area contributed by atoms with E-state index in [9.17, 15) is 9.18 Å². The van der Waals surface area contributed by atoms with Gasteiger partial charge in [0, 0.05) is 0 Å². The average molecular weight is 224 g/mol. The van der Waals surface area contributed by atoms with Gasteiger partial charge in [0.05, 0.1) is 0 Å². The molecule has 0 spiro atoms. The molecule has 0 radical (unpaired) electrons. The lowest BCUT2D eigenvalue weighted by Gasteiger charge is -2.10. The molecule has 0 saturated carbocycles. The standard InChI is InChI=1S/C13H17FO2/c1-9(2)7-10-3-5-11(6-4-10)12(8-14)13(15)16/h3-6,9,12H,7-8H2,1-2H3,(H,15,16)/t12-/m1/s1. The van der Waals surface area contributed by atoms with Gasteiger partial charge in [-0.05, 0) is 23.5 Å². The lowest BCUT2D eigenvalue weighted by molar-refractivity contribution is -0.139. The van der Waals surface area contributed by atoms with E-state index >= 15 is 0 Å². The predicted octanol–water partition coefficient (Wildman–Crippen LogP) is 3.02. The summed E-state index contributed by atoms with van der Waals surface area (Å²) in [6.07, 6.45) is 0.952. The van der Waals surface area contributed by atoms with E-state index in [-0.39, 0.29) is 0 Å². The first kappa shape index (κ1) is 12.7. The molecule has 0 unspecified atom stereocenters. The summed E-state index contributed by atoms with van der Waals surface area (Å²) >= 11 is 0. The van der Waals surface area contributed by atoms with Gasteiger partial charge >= 0.3 is 5.97 Å². The predicted molar refractivity (Wildman–Crippen MR) is 61.3 cm³/mol. The molecule has 1 aromatic rings. The van der Waals surface area contributed by atoms with Crippen molar-refractivity contribution >= 4 is 5.97 Å². The highest BCUT2D eigenvalue weighted by molar-refractivity contribution is 5.76. The lowest BCUT2D eigenvalue weighted by atomic mass is 9.96. The summed E-state index contributed by atoms with van der Waals surface area (Å²) in [6, 6.07) is 7.16. The summed E-state index contributed by atoms with van der Waals surface area (Å²) in [7, 11) is 0. The molecule has 0 aliphatic heterocycles. The minimum atomic E-state index is -1.11. The first-order valence-electron chi connectivity index (χ1n) is 5.42. The lowest BCUT2D eigenvalue weighted by Crippen LogP contribution is -2.13.